The number of carboxylic acid groups (broad SMARTS) is 1. The molecule has 128 valence electrons. The number of aliphatic carboxylic acids is 1. The lowest BCUT2D eigenvalue weighted by atomic mass is 9.99. The predicted molar refractivity (Wildman–Crippen MR) is 87.1 cm³/mol. The number of fused-ring (bicyclic) bond motifs is 1. The number of Topliss-reactive ketones (excluding diaryl/α,β-unsaturated/α-hetero) is 1. The Kier molecular flexibility index (Phi) is 5.03. The zero-order chi connectivity index (χ0) is 18.0. The van der Waals surface area contributed by atoms with Crippen molar-refractivity contribution in [3.63, 3.8) is 0 Å². The molecule has 1 aromatic heterocycles. The number of hydrogen-bond acceptors (Lipinski definition) is 7. The molecular formula is C15H15NO7S. The fourth-order valence-corrected chi connectivity index (χ4v) is 3.38. The molecule has 0 amide bonds. The summed E-state index contributed by atoms with van der Waals surface area (Å²) in [6, 6.07) is 2.72. The molecule has 0 saturated carbocycles. The number of carbonyl (C=O) groups is 2. The number of benzene rings is 1. The third-order valence-electron chi connectivity index (χ3n) is 3.69. The first-order valence-electron chi connectivity index (χ1n) is 7.04. The molecule has 0 aliphatic carbocycles. The smallest absolute Gasteiger partial charge is 0.323 e. The lowest BCUT2D eigenvalue weighted by Crippen LogP contribution is -2.16. The van der Waals surface area contributed by atoms with Crippen LogP contribution in [0.4, 0.5) is 5.69 Å². The highest BCUT2D eigenvalue weighted by molar-refractivity contribution is 7.21. The van der Waals surface area contributed by atoms with Crippen molar-refractivity contribution in [1.29, 1.82) is 0 Å². The Morgan fingerprint density at radius 1 is 1.42 bits per heavy atom. The van der Waals surface area contributed by atoms with Crippen molar-refractivity contribution in [2.75, 3.05) is 7.11 Å². The Labute approximate surface area is 140 Å². The Bertz CT molecular complexity index is 827. The lowest BCUT2D eigenvalue weighted by molar-refractivity contribution is -0.384. The van der Waals surface area contributed by atoms with Gasteiger partial charge in [-0.3, -0.25) is 19.7 Å². The monoisotopic (exact) mass is 353 g/mol. The summed E-state index contributed by atoms with van der Waals surface area (Å²) in [5.41, 5.74) is -0.537. The van der Waals surface area contributed by atoms with E-state index >= 15 is 0 Å². The molecule has 0 aliphatic rings. The van der Waals surface area contributed by atoms with Crippen LogP contribution in [0.3, 0.4) is 0 Å². The summed E-state index contributed by atoms with van der Waals surface area (Å²) in [6.45, 7) is 1.67. The third-order valence-corrected chi connectivity index (χ3v) is 4.81. The molecule has 2 aromatic rings. The number of ether oxygens (including phenoxy) is 1. The first-order valence-corrected chi connectivity index (χ1v) is 7.85. The predicted octanol–water partition coefficient (Wildman–Crippen LogP) is 3.21. The molecule has 1 heterocycles. The number of carboxylic acids is 1. The summed E-state index contributed by atoms with van der Waals surface area (Å²) in [6.07, 6.45) is 0.121. The molecule has 9 heteroatoms. The van der Waals surface area contributed by atoms with E-state index in [2.05, 4.69) is 0 Å². The van der Waals surface area contributed by atoms with E-state index in [9.17, 15) is 24.8 Å². The average molecular weight is 353 g/mol. The van der Waals surface area contributed by atoms with Gasteiger partial charge in [0.25, 0.3) is 0 Å². The summed E-state index contributed by atoms with van der Waals surface area (Å²) in [5.74, 6) is -2.94. The molecule has 2 N–H and O–H groups in total. The second kappa shape index (κ2) is 6.83. The van der Waals surface area contributed by atoms with Crippen molar-refractivity contribution >= 4 is 38.9 Å². The zero-order valence-electron chi connectivity index (χ0n) is 12.9. The minimum Gasteiger partial charge on any atom is -0.499 e. The number of nitrogens with zero attached hydrogens (tertiary/aromatic N) is 1. The molecule has 1 atom stereocenters. The molecule has 8 nitrogen and oxygen atoms in total. The van der Waals surface area contributed by atoms with Gasteiger partial charge >= 0.3 is 11.7 Å². The van der Waals surface area contributed by atoms with Crippen molar-refractivity contribution in [3.8, 4) is 11.5 Å². The van der Waals surface area contributed by atoms with Gasteiger partial charge in [-0.25, -0.2) is 0 Å². The zero-order valence-corrected chi connectivity index (χ0v) is 13.8. The average Bonchev–Trinajstić information content (AvgIpc) is 2.94. The van der Waals surface area contributed by atoms with Gasteiger partial charge in [0.05, 0.1) is 28.2 Å². The maximum atomic E-state index is 12.3. The van der Waals surface area contributed by atoms with Crippen LogP contribution >= 0.6 is 11.3 Å². The quantitative estimate of drug-likeness (QED) is 0.444. The Balaban J connectivity index is 2.51. The molecular weight excluding hydrogens is 338 g/mol. The van der Waals surface area contributed by atoms with Gasteiger partial charge in [-0.1, -0.05) is 6.92 Å². The number of phenolic OH excluding ortho intramolecular Hbond substituents is 1. The number of ketones is 1. The van der Waals surface area contributed by atoms with Gasteiger partial charge in [0, 0.05) is 17.2 Å². The Hall–Kier alpha value is -2.68. The SMILES string of the molecule is CC[C@H](CC(=O)c1cc2c([N+](=O)[O-])c(O)c(OC)cc2s1)C(=O)O. The molecule has 0 radical (unpaired) electrons. The van der Waals surface area contributed by atoms with E-state index in [0.717, 1.165) is 11.3 Å². The topological polar surface area (TPSA) is 127 Å². The minimum atomic E-state index is -1.06. The van der Waals surface area contributed by atoms with Crippen LogP contribution in [-0.4, -0.2) is 34.0 Å². The van der Waals surface area contributed by atoms with E-state index in [1.54, 1.807) is 6.92 Å². The van der Waals surface area contributed by atoms with E-state index < -0.39 is 34.0 Å². The number of carbonyl (C=O) groups excluding carboxylic acids is 1. The number of aromatic hydroxyl groups is 1. The number of thiophene rings is 1. The van der Waals surface area contributed by atoms with Crippen molar-refractivity contribution in [2.24, 2.45) is 5.92 Å². The van der Waals surface area contributed by atoms with Gasteiger partial charge in [0.1, 0.15) is 0 Å². The lowest BCUT2D eigenvalue weighted by Gasteiger charge is -2.06. The first kappa shape index (κ1) is 17.7. The van der Waals surface area contributed by atoms with Crippen LogP contribution in [0.15, 0.2) is 12.1 Å². The second-order valence-corrected chi connectivity index (χ2v) is 6.21. The number of nitro groups is 1. The van der Waals surface area contributed by atoms with Gasteiger partial charge in [-0.2, -0.15) is 0 Å². The maximum Gasteiger partial charge on any atom is 0.323 e. The molecule has 0 spiro atoms. The van der Waals surface area contributed by atoms with E-state index in [1.165, 1.54) is 19.2 Å². The van der Waals surface area contributed by atoms with Crippen LogP contribution in [0.2, 0.25) is 0 Å². The minimum absolute atomic E-state index is 0.0629. The second-order valence-electron chi connectivity index (χ2n) is 5.13. The summed E-state index contributed by atoms with van der Waals surface area (Å²) >= 11 is 1.00. The van der Waals surface area contributed by atoms with Crippen LogP contribution in [0.25, 0.3) is 10.1 Å². The van der Waals surface area contributed by atoms with Crippen LogP contribution in [-0.2, 0) is 4.79 Å². The van der Waals surface area contributed by atoms with Crippen molar-refractivity contribution < 1.29 is 29.5 Å². The molecule has 0 bridgehead atoms. The summed E-state index contributed by atoms with van der Waals surface area (Å²) < 4.78 is 5.32. The molecule has 1 aromatic carbocycles. The number of hydrogen-bond donors (Lipinski definition) is 2. The molecule has 2 rings (SSSR count). The van der Waals surface area contributed by atoms with E-state index in [-0.39, 0.29) is 22.4 Å². The van der Waals surface area contributed by atoms with E-state index in [4.69, 9.17) is 9.84 Å². The van der Waals surface area contributed by atoms with Crippen LogP contribution in [0, 0.1) is 16.0 Å². The normalized spacial score (nSPS) is 12.1. The summed E-state index contributed by atoms with van der Waals surface area (Å²) in [4.78, 5) is 34.0. The Morgan fingerprint density at radius 3 is 2.58 bits per heavy atom. The van der Waals surface area contributed by atoms with Crippen LogP contribution < -0.4 is 4.74 Å². The molecule has 24 heavy (non-hydrogen) atoms. The maximum absolute atomic E-state index is 12.3. The highest BCUT2D eigenvalue weighted by Crippen LogP contribution is 2.45. The van der Waals surface area contributed by atoms with Gasteiger partial charge in [0.2, 0.25) is 5.75 Å². The number of nitro benzene ring substituents is 1. The van der Waals surface area contributed by atoms with Crippen LogP contribution in [0.5, 0.6) is 11.5 Å². The molecule has 0 saturated heterocycles. The summed E-state index contributed by atoms with van der Waals surface area (Å²) in [7, 11) is 1.27. The van der Waals surface area contributed by atoms with Crippen LogP contribution in [0.1, 0.15) is 29.4 Å². The number of rotatable bonds is 7. The first-order chi connectivity index (χ1) is 11.3. The Morgan fingerprint density at radius 2 is 2.08 bits per heavy atom. The van der Waals surface area contributed by atoms with Gasteiger partial charge in [-0.15, -0.1) is 11.3 Å². The highest BCUT2D eigenvalue weighted by atomic mass is 32.1. The molecule has 0 unspecified atom stereocenters. The number of methoxy groups -OCH3 is 1. The fourth-order valence-electron chi connectivity index (χ4n) is 2.34. The van der Waals surface area contributed by atoms with Gasteiger partial charge < -0.3 is 14.9 Å². The van der Waals surface area contributed by atoms with Gasteiger partial charge in [0.15, 0.2) is 11.5 Å². The molecule has 0 aliphatic heterocycles. The van der Waals surface area contributed by atoms with E-state index in [1.807, 2.05) is 0 Å². The standard InChI is InChI=1S/C15H15NO7S/c1-3-7(15(19)20)4-9(17)12-5-8-11(24-12)6-10(23-2)14(18)13(8)16(21)22/h5-7,18H,3-4H2,1-2H3,(H,19,20)/t7-/m1/s1. The fraction of sp³-hybridized carbons (Fsp3) is 0.333. The van der Waals surface area contributed by atoms with Crippen molar-refractivity contribution in [1.82, 2.24) is 0 Å². The van der Waals surface area contributed by atoms with Gasteiger partial charge in [-0.05, 0) is 12.5 Å². The summed E-state index contributed by atoms with van der Waals surface area (Å²) in [5, 5.41) is 30.3. The third kappa shape index (κ3) is 3.16. The van der Waals surface area contributed by atoms with Crippen molar-refractivity contribution in [2.45, 2.75) is 19.8 Å². The van der Waals surface area contributed by atoms with Crippen molar-refractivity contribution in [3.05, 3.63) is 27.1 Å². The highest BCUT2D eigenvalue weighted by Gasteiger charge is 2.27. The molecule has 0 fully saturated rings. The van der Waals surface area contributed by atoms with E-state index in [0.29, 0.717) is 11.1 Å². The number of phenols is 1. The largest absolute Gasteiger partial charge is 0.499 e.